The van der Waals surface area contributed by atoms with Gasteiger partial charge < -0.3 is 18.6 Å². The molecule has 0 spiro atoms. The molecule has 1 amide bonds. The maximum Gasteiger partial charge on any atom is 0.337 e. The van der Waals surface area contributed by atoms with Crippen LogP contribution in [0.3, 0.4) is 0 Å². The van der Waals surface area contributed by atoms with Crippen LogP contribution in [0.25, 0.3) is 11.3 Å². The third-order valence-corrected chi connectivity index (χ3v) is 4.39. The van der Waals surface area contributed by atoms with Gasteiger partial charge in [-0.15, -0.1) is 0 Å². The van der Waals surface area contributed by atoms with Gasteiger partial charge in [0.2, 0.25) is 5.91 Å². The monoisotopic (exact) mass is 422 g/mol. The molecule has 160 valence electrons. The third-order valence-electron chi connectivity index (χ3n) is 4.39. The van der Waals surface area contributed by atoms with Crippen molar-refractivity contribution < 1.29 is 28.2 Å². The fraction of sp³-hybridized carbons (Fsp3) is 0.174. The summed E-state index contributed by atoms with van der Waals surface area (Å²) in [5.41, 5.74) is 4.37. The number of nitrogens with zero attached hydrogens (tertiary/aromatic N) is 1. The number of rotatable bonds is 8. The van der Waals surface area contributed by atoms with Gasteiger partial charge in [0, 0.05) is 5.56 Å². The minimum Gasteiger partial charge on any atom is -0.493 e. The van der Waals surface area contributed by atoms with E-state index in [4.69, 9.17) is 18.6 Å². The van der Waals surface area contributed by atoms with Crippen molar-refractivity contribution >= 4 is 18.1 Å². The number of hydrogen-bond donors (Lipinski definition) is 1. The summed E-state index contributed by atoms with van der Waals surface area (Å²) in [6.45, 7) is 0. The summed E-state index contributed by atoms with van der Waals surface area (Å²) >= 11 is 0. The molecule has 0 bridgehead atoms. The van der Waals surface area contributed by atoms with E-state index in [9.17, 15) is 9.59 Å². The van der Waals surface area contributed by atoms with Gasteiger partial charge in [-0.3, -0.25) is 4.79 Å². The molecule has 0 fully saturated rings. The summed E-state index contributed by atoms with van der Waals surface area (Å²) < 4.78 is 20.9. The second-order valence-corrected chi connectivity index (χ2v) is 6.43. The number of benzene rings is 2. The summed E-state index contributed by atoms with van der Waals surface area (Å²) in [5, 5.41) is 3.93. The number of nitrogens with one attached hydrogen (secondary N) is 1. The molecule has 0 radical (unpaired) electrons. The Bertz CT molecular complexity index is 1100. The van der Waals surface area contributed by atoms with Crippen LogP contribution in [0.4, 0.5) is 0 Å². The molecule has 0 aliphatic rings. The Balaban J connectivity index is 1.60. The molecule has 0 saturated carbocycles. The zero-order valence-electron chi connectivity index (χ0n) is 17.4. The molecule has 2 aromatic carbocycles. The molecule has 0 atom stereocenters. The first-order valence-corrected chi connectivity index (χ1v) is 9.35. The summed E-state index contributed by atoms with van der Waals surface area (Å²) in [6.07, 6.45) is 1.53. The number of esters is 1. The number of carbonyl (C=O) groups is 2. The van der Waals surface area contributed by atoms with Crippen molar-refractivity contribution in [3.63, 3.8) is 0 Å². The Kier molecular flexibility index (Phi) is 7.05. The van der Waals surface area contributed by atoms with Gasteiger partial charge in [-0.1, -0.05) is 18.2 Å². The normalized spacial score (nSPS) is 10.7. The quantitative estimate of drug-likeness (QED) is 0.339. The Morgan fingerprint density at radius 3 is 2.55 bits per heavy atom. The predicted octanol–water partition coefficient (Wildman–Crippen LogP) is 3.44. The van der Waals surface area contributed by atoms with E-state index in [1.54, 1.807) is 55.6 Å². The largest absolute Gasteiger partial charge is 0.493 e. The molecule has 1 heterocycles. The van der Waals surface area contributed by atoms with Crippen molar-refractivity contribution in [3.8, 4) is 22.8 Å². The minimum absolute atomic E-state index is 0.126. The van der Waals surface area contributed by atoms with Crippen LogP contribution in [-0.2, 0) is 16.0 Å². The highest BCUT2D eigenvalue weighted by atomic mass is 16.5. The van der Waals surface area contributed by atoms with Crippen molar-refractivity contribution in [2.75, 3.05) is 21.3 Å². The molecule has 3 aromatic rings. The van der Waals surface area contributed by atoms with E-state index >= 15 is 0 Å². The van der Waals surface area contributed by atoms with E-state index in [2.05, 4.69) is 10.5 Å². The van der Waals surface area contributed by atoms with Crippen LogP contribution in [0, 0.1) is 0 Å². The lowest BCUT2D eigenvalue weighted by atomic mass is 10.1. The molecule has 0 aliphatic heterocycles. The molecule has 8 heteroatoms. The SMILES string of the molecule is COC(=O)c1cccc(-c2ccc(/C=N\NC(=O)Cc3ccc(OC)c(OC)c3)o2)c1. The van der Waals surface area contributed by atoms with Gasteiger partial charge in [-0.2, -0.15) is 5.10 Å². The molecule has 1 aromatic heterocycles. The molecule has 31 heavy (non-hydrogen) atoms. The number of hydrazone groups is 1. The van der Waals surface area contributed by atoms with Crippen LogP contribution in [-0.4, -0.2) is 39.4 Å². The predicted molar refractivity (Wildman–Crippen MR) is 114 cm³/mol. The van der Waals surface area contributed by atoms with E-state index in [0.29, 0.717) is 28.6 Å². The Hall–Kier alpha value is -4.07. The molecule has 3 rings (SSSR count). The minimum atomic E-state index is -0.424. The number of carbonyl (C=O) groups excluding carboxylic acids is 2. The van der Waals surface area contributed by atoms with Crippen molar-refractivity contribution in [1.29, 1.82) is 0 Å². The van der Waals surface area contributed by atoms with E-state index < -0.39 is 5.97 Å². The van der Waals surface area contributed by atoms with Gasteiger partial charge in [0.05, 0.1) is 39.5 Å². The van der Waals surface area contributed by atoms with E-state index in [1.165, 1.54) is 20.4 Å². The van der Waals surface area contributed by atoms with E-state index in [1.807, 2.05) is 6.07 Å². The lowest BCUT2D eigenvalue weighted by Crippen LogP contribution is -2.19. The van der Waals surface area contributed by atoms with Crippen molar-refractivity contribution in [2.45, 2.75) is 6.42 Å². The van der Waals surface area contributed by atoms with Gasteiger partial charge in [0.1, 0.15) is 11.5 Å². The first-order chi connectivity index (χ1) is 15.0. The highest BCUT2D eigenvalue weighted by Gasteiger charge is 2.10. The average Bonchev–Trinajstić information content (AvgIpc) is 3.27. The second kappa shape index (κ2) is 10.1. The number of methoxy groups -OCH3 is 3. The Morgan fingerprint density at radius 1 is 1.00 bits per heavy atom. The van der Waals surface area contributed by atoms with Crippen molar-refractivity contribution in [1.82, 2.24) is 5.43 Å². The average molecular weight is 422 g/mol. The van der Waals surface area contributed by atoms with Crippen molar-refractivity contribution in [3.05, 3.63) is 71.5 Å². The first kappa shape index (κ1) is 21.6. The molecule has 0 aliphatic carbocycles. The van der Waals surface area contributed by atoms with Crippen molar-refractivity contribution in [2.24, 2.45) is 5.10 Å². The van der Waals surface area contributed by atoms with Crippen LogP contribution in [0.5, 0.6) is 11.5 Å². The zero-order valence-corrected chi connectivity index (χ0v) is 17.4. The van der Waals surface area contributed by atoms with E-state index in [-0.39, 0.29) is 12.3 Å². The third kappa shape index (κ3) is 5.51. The number of hydrogen-bond acceptors (Lipinski definition) is 7. The highest BCUT2D eigenvalue weighted by molar-refractivity contribution is 5.90. The van der Waals surface area contributed by atoms with Crippen LogP contribution < -0.4 is 14.9 Å². The topological polar surface area (TPSA) is 99.4 Å². The van der Waals surface area contributed by atoms with Crippen LogP contribution >= 0.6 is 0 Å². The molecular weight excluding hydrogens is 400 g/mol. The maximum absolute atomic E-state index is 12.1. The smallest absolute Gasteiger partial charge is 0.337 e. The Labute approximate surface area is 179 Å². The molecule has 8 nitrogen and oxygen atoms in total. The van der Waals surface area contributed by atoms with Gasteiger partial charge in [0.15, 0.2) is 11.5 Å². The fourth-order valence-corrected chi connectivity index (χ4v) is 2.88. The number of ether oxygens (including phenoxy) is 3. The summed E-state index contributed by atoms with van der Waals surface area (Å²) in [5.74, 6) is 1.44. The first-order valence-electron chi connectivity index (χ1n) is 9.35. The molecule has 0 saturated heterocycles. The lowest BCUT2D eigenvalue weighted by Gasteiger charge is -2.09. The van der Waals surface area contributed by atoms with E-state index in [0.717, 1.165) is 11.1 Å². The van der Waals surface area contributed by atoms with Crippen LogP contribution in [0.2, 0.25) is 0 Å². The van der Waals surface area contributed by atoms with Crippen LogP contribution in [0.15, 0.2) is 64.1 Å². The lowest BCUT2D eigenvalue weighted by molar-refractivity contribution is -0.120. The molecule has 1 N–H and O–H groups in total. The second-order valence-electron chi connectivity index (χ2n) is 6.43. The highest BCUT2D eigenvalue weighted by Crippen LogP contribution is 2.27. The maximum atomic E-state index is 12.1. The standard InChI is InChI=1S/C23H22N2O6/c1-28-20-9-7-15(11-21(20)29-2)12-22(26)25-24-14-18-8-10-19(31-18)16-5-4-6-17(13-16)23(27)30-3/h4-11,13-14H,12H2,1-3H3,(H,25,26)/b24-14-. The van der Waals surface area contributed by atoms with Gasteiger partial charge in [-0.25, -0.2) is 10.2 Å². The summed E-state index contributed by atoms with van der Waals surface area (Å²) in [4.78, 5) is 23.8. The number of furan rings is 1. The Morgan fingerprint density at radius 2 is 1.81 bits per heavy atom. The molecular formula is C23H22N2O6. The van der Waals surface area contributed by atoms with Gasteiger partial charge >= 0.3 is 5.97 Å². The van der Waals surface area contributed by atoms with Gasteiger partial charge in [0.25, 0.3) is 0 Å². The summed E-state index contributed by atoms with van der Waals surface area (Å²) in [6, 6.07) is 15.6. The summed E-state index contributed by atoms with van der Waals surface area (Å²) in [7, 11) is 4.42. The zero-order chi connectivity index (χ0) is 22.2. The molecule has 0 unspecified atom stereocenters. The van der Waals surface area contributed by atoms with Crippen LogP contribution in [0.1, 0.15) is 21.7 Å². The fourth-order valence-electron chi connectivity index (χ4n) is 2.88. The van der Waals surface area contributed by atoms with Gasteiger partial charge in [-0.05, 0) is 42.0 Å². The number of amides is 1.